The van der Waals surface area contributed by atoms with Gasteiger partial charge in [-0.2, -0.15) is 0 Å². The third-order valence-corrected chi connectivity index (χ3v) is 3.41. The summed E-state index contributed by atoms with van der Waals surface area (Å²) in [4.78, 5) is 26.2. The molecule has 2 rings (SSSR count). The van der Waals surface area contributed by atoms with E-state index in [1.807, 2.05) is 29.2 Å². The van der Waals surface area contributed by atoms with Crippen molar-refractivity contribution in [3.05, 3.63) is 29.3 Å². The predicted molar refractivity (Wildman–Crippen MR) is 77.8 cm³/mol. The molecule has 0 radical (unpaired) electrons. The summed E-state index contributed by atoms with van der Waals surface area (Å²) in [5, 5.41) is 2.78. The smallest absolute Gasteiger partial charge is 0.318 e. The van der Waals surface area contributed by atoms with E-state index in [-0.39, 0.29) is 12.5 Å². The highest BCUT2D eigenvalue weighted by Crippen LogP contribution is 2.20. The highest BCUT2D eigenvalue weighted by molar-refractivity contribution is 6.30. The van der Waals surface area contributed by atoms with Crippen LogP contribution in [0.5, 0.6) is 0 Å². The minimum atomic E-state index is -0.812. The molecule has 1 heterocycles. The second-order valence-electron chi connectivity index (χ2n) is 4.66. The first-order valence-corrected chi connectivity index (χ1v) is 6.74. The van der Waals surface area contributed by atoms with Crippen LogP contribution in [0, 0.1) is 0 Å². The molecule has 0 spiro atoms. The quantitative estimate of drug-likeness (QED) is 0.859. The van der Waals surface area contributed by atoms with E-state index in [0.29, 0.717) is 5.02 Å². The number of nitrogens with two attached hydrogens (primary N) is 1. The van der Waals surface area contributed by atoms with Gasteiger partial charge in [0.05, 0.1) is 6.54 Å². The van der Waals surface area contributed by atoms with Gasteiger partial charge in [-0.1, -0.05) is 17.7 Å². The minimum Gasteiger partial charge on any atom is -0.369 e. The van der Waals surface area contributed by atoms with Gasteiger partial charge >= 0.3 is 6.03 Å². The van der Waals surface area contributed by atoms with Gasteiger partial charge in [0.15, 0.2) is 0 Å². The zero-order chi connectivity index (χ0) is 14.5. The Morgan fingerprint density at radius 2 is 1.95 bits per heavy atom. The summed E-state index contributed by atoms with van der Waals surface area (Å²) in [6.45, 7) is 3.30. The van der Waals surface area contributed by atoms with Gasteiger partial charge in [0.2, 0.25) is 5.91 Å². The van der Waals surface area contributed by atoms with E-state index in [4.69, 9.17) is 17.3 Å². The fourth-order valence-corrected chi connectivity index (χ4v) is 2.40. The first kappa shape index (κ1) is 14.6. The summed E-state index contributed by atoms with van der Waals surface area (Å²) >= 11 is 5.98. The minimum absolute atomic E-state index is 0.187. The molecule has 0 bridgehead atoms. The van der Waals surface area contributed by atoms with Gasteiger partial charge in [0, 0.05) is 36.9 Å². The summed E-state index contributed by atoms with van der Waals surface area (Å²) in [6, 6.07) is 6.89. The lowest BCUT2D eigenvalue weighted by Crippen LogP contribution is -2.50. The standard InChI is InChI=1S/C13H17ClN4O2/c14-10-2-1-3-11(8-10)18-6-4-17(5-7-18)9-12(19)16-13(15)20/h1-3,8H,4-7,9H2,(H3,15,16,19,20). The zero-order valence-corrected chi connectivity index (χ0v) is 11.8. The lowest BCUT2D eigenvalue weighted by atomic mass is 10.2. The van der Waals surface area contributed by atoms with Crippen molar-refractivity contribution in [2.75, 3.05) is 37.6 Å². The molecule has 0 atom stereocenters. The Balaban J connectivity index is 1.83. The summed E-state index contributed by atoms with van der Waals surface area (Å²) in [5.74, 6) is -0.367. The Labute approximate surface area is 122 Å². The topological polar surface area (TPSA) is 78.7 Å². The number of nitrogens with one attached hydrogen (secondary N) is 1. The van der Waals surface area contributed by atoms with Gasteiger partial charge < -0.3 is 10.6 Å². The largest absolute Gasteiger partial charge is 0.369 e. The normalized spacial score (nSPS) is 15.9. The van der Waals surface area contributed by atoms with Crippen LogP contribution in [0.2, 0.25) is 5.02 Å². The van der Waals surface area contributed by atoms with E-state index < -0.39 is 6.03 Å². The van der Waals surface area contributed by atoms with Crippen molar-refractivity contribution in [2.24, 2.45) is 5.73 Å². The van der Waals surface area contributed by atoms with E-state index in [1.54, 1.807) is 0 Å². The van der Waals surface area contributed by atoms with Gasteiger partial charge in [-0.15, -0.1) is 0 Å². The van der Waals surface area contributed by atoms with Gasteiger partial charge in [-0.3, -0.25) is 15.0 Å². The highest BCUT2D eigenvalue weighted by atomic mass is 35.5. The number of urea groups is 1. The number of nitrogens with zero attached hydrogens (tertiary/aromatic N) is 2. The molecule has 3 N–H and O–H groups in total. The van der Waals surface area contributed by atoms with E-state index in [1.165, 1.54) is 0 Å². The van der Waals surface area contributed by atoms with Crippen molar-refractivity contribution in [3.8, 4) is 0 Å². The van der Waals surface area contributed by atoms with Gasteiger partial charge in [0.25, 0.3) is 0 Å². The average Bonchev–Trinajstić information content (AvgIpc) is 2.38. The van der Waals surface area contributed by atoms with E-state index >= 15 is 0 Å². The number of amides is 3. The summed E-state index contributed by atoms with van der Waals surface area (Å²) in [6.07, 6.45) is 0. The highest BCUT2D eigenvalue weighted by Gasteiger charge is 2.19. The number of piperazine rings is 1. The molecule has 1 saturated heterocycles. The SMILES string of the molecule is NC(=O)NC(=O)CN1CCN(c2cccc(Cl)c2)CC1. The Bertz CT molecular complexity index is 501. The molecular formula is C13H17ClN4O2. The van der Waals surface area contributed by atoms with Crippen molar-refractivity contribution < 1.29 is 9.59 Å². The predicted octanol–water partition coefficient (Wildman–Crippen LogP) is 0.657. The molecule has 3 amide bonds. The second kappa shape index (κ2) is 6.58. The molecule has 0 aliphatic carbocycles. The number of anilines is 1. The number of carbonyl (C=O) groups excluding carboxylic acids is 2. The Morgan fingerprint density at radius 1 is 1.25 bits per heavy atom. The van der Waals surface area contributed by atoms with E-state index in [9.17, 15) is 9.59 Å². The van der Waals surface area contributed by atoms with Crippen molar-refractivity contribution in [1.29, 1.82) is 0 Å². The molecule has 108 valence electrons. The van der Waals surface area contributed by atoms with Crippen LogP contribution in [0.15, 0.2) is 24.3 Å². The molecule has 1 aromatic rings. The Hall–Kier alpha value is -1.79. The first-order valence-electron chi connectivity index (χ1n) is 6.37. The molecule has 20 heavy (non-hydrogen) atoms. The van der Waals surface area contributed by atoms with Crippen LogP contribution in [-0.2, 0) is 4.79 Å². The molecular weight excluding hydrogens is 280 g/mol. The van der Waals surface area contributed by atoms with Crippen LogP contribution in [0.1, 0.15) is 0 Å². The number of hydrogen-bond acceptors (Lipinski definition) is 4. The van der Waals surface area contributed by atoms with Crippen LogP contribution < -0.4 is 16.0 Å². The number of primary amides is 1. The van der Waals surface area contributed by atoms with Crippen molar-refractivity contribution in [2.45, 2.75) is 0 Å². The number of carbonyl (C=O) groups is 2. The van der Waals surface area contributed by atoms with Crippen LogP contribution in [0.4, 0.5) is 10.5 Å². The average molecular weight is 297 g/mol. The van der Waals surface area contributed by atoms with Crippen LogP contribution >= 0.6 is 11.6 Å². The van der Waals surface area contributed by atoms with Crippen LogP contribution in [0.25, 0.3) is 0 Å². The van der Waals surface area contributed by atoms with E-state index in [0.717, 1.165) is 31.9 Å². The lowest BCUT2D eigenvalue weighted by molar-refractivity contribution is -0.121. The Morgan fingerprint density at radius 3 is 2.55 bits per heavy atom. The molecule has 0 unspecified atom stereocenters. The monoisotopic (exact) mass is 296 g/mol. The Kier molecular flexibility index (Phi) is 4.81. The van der Waals surface area contributed by atoms with E-state index in [2.05, 4.69) is 10.2 Å². The molecule has 1 aliphatic rings. The maximum absolute atomic E-state index is 11.4. The molecule has 1 aromatic carbocycles. The van der Waals surface area contributed by atoms with Crippen molar-refractivity contribution in [1.82, 2.24) is 10.2 Å². The second-order valence-corrected chi connectivity index (χ2v) is 5.09. The number of halogens is 1. The maximum atomic E-state index is 11.4. The molecule has 0 aromatic heterocycles. The van der Waals surface area contributed by atoms with Gasteiger partial charge in [0.1, 0.15) is 0 Å². The number of imide groups is 1. The first-order chi connectivity index (χ1) is 9.54. The number of rotatable bonds is 3. The fraction of sp³-hybridized carbons (Fsp3) is 0.385. The van der Waals surface area contributed by atoms with Crippen molar-refractivity contribution in [3.63, 3.8) is 0 Å². The summed E-state index contributed by atoms with van der Waals surface area (Å²) in [5.41, 5.74) is 5.98. The number of hydrogen-bond donors (Lipinski definition) is 2. The third kappa shape index (κ3) is 4.11. The zero-order valence-electron chi connectivity index (χ0n) is 11.0. The molecule has 0 saturated carbocycles. The fourth-order valence-electron chi connectivity index (χ4n) is 2.22. The van der Waals surface area contributed by atoms with Gasteiger partial charge in [-0.25, -0.2) is 4.79 Å². The lowest BCUT2D eigenvalue weighted by Gasteiger charge is -2.35. The molecule has 1 fully saturated rings. The van der Waals surface area contributed by atoms with Crippen LogP contribution in [-0.4, -0.2) is 49.6 Å². The van der Waals surface area contributed by atoms with Crippen LogP contribution in [0.3, 0.4) is 0 Å². The summed E-state index contributed by atoms with van der Waals surface area (Å²) < 4.78 is 0. The molecule has 1 aliphatic heterocycles. The number of benzene rings is 1. The maximum Gasteiger partial charge on any atom is 0.318 e. The van der Waals surface area contributed by atoms with Gasteiger partial charge in [-0.05, 0) is 18.2 Å². The van der Waals surface area contributed by atoms with Crippen molar-refractivity contribution >= 4 is 29.2 Å². The molecule has 7 heteroatoms. The summed E-state index contributed by atoms with van der Waals surface area (Å²) in [7, 11) is 0. The molecule has 6 nitrogen and oxygen atoms in total. The third-order valence-electron chi connectivity index (χ3n) is 3.18.